The molecule has 0 saturated heterocycles. The van der Waals surface area contributed by atoms with Crippen molar-refractivity contribution in [1.82, 2.24) is 5.32 Å². The van der Waals surface area contributed by atoms with Gasteiger partial charge in [0, 0.05) is 18.1 Å². The number of carbonyl (C=O) groups excluding carboxylic acids is 2. The van der Waals surface area contributed by atoms with E-state index in [2.05, 4.69) is 29.6 Å². The van der Waals surface area contributed by atoms with Gasteiger partial charge >= 0.3 is 12.1 Å². The van der Waals surface area contributed by atoms with Crippen LogP contribution in [-0.2, 0) is 19.0 Å². The first kappa shape index (κ1) is 22.3. The fourth-order valence-corrected chi connectivity index (χ4v) is 5.17. The van der Waals surface area contributed by atoms with Crippen molar-refractivity contribution in [1.29, 1.82) is 0 Å². The smallest absolute Gasteiger partial charge is 0.407 e. The molecule has 2 atom stereocenters. The molecule has 0 aromatic heterocycles. The first-order valence-electron chi connectivity index (χ1n) is 10.7. The fraction of sp³-hybridized carbons (Fsp3) is 0.360. The molecule has 2 aromatic carbocycles. The third kappa shape index (κ3) is 5.10. The predicted molar refractivity (Wildman–Crippen MR) is 125 cm³/mol. The van der Waals surface area contributed by atoms with E-state index in [1.165, 1.54) is 18.2 Å². The van der Waals surface area contributed by atoms with E-state index in [0.29, 0.717) is 12.2 Å². The van der Waals surface area contributed by atoms with Crippen molar-refractivity contribution in [3.8, 4) is 11.1 Å². The van der Waals surface area contributed by atoms with Crippen molar-refractivity contribution >= 4 is 23.8 Å². The molecule has 4 rings (SSSR count). The van der Waals surface area contributed by atoms with Gasteiger partial charge in [0.25, 0.3) is 0 Å². The molecule has 0 bridgehead atoms. The van der Waals surface area contributed by atoms with Gasteiger partial charge < -0.3 is 19.5 Å². The lowest BCUT2D eigenvalue weighted by molar-refractivity contribution is -0.143. The van der Waals surface area contributed by atoms with Gasteiger partial charge in [0.05, 0.1) is 13.4 Å². The topological polar surface area (TPSA) is 73.9 Å². The van der Waals surface area contributed by atoms with Crippen LogP contribution < -0.4 is 5.32 Å². The molecule has 32 heavy (non-hydrogen) atoms. The number of amides is 1. The predicted octanol–water partition coefficient (Wildman–Crippen LogP) is 4.49. The summed E-state index contributed by atoms with van der Waals surface area (Å²) >= 11 is 1.69. The number of nitrogens with one attached hydrogen (secondary N) is 1. The lowest BCUT2D eigenvalue weighted by Gasteiger charge is -2.18. The van der Waals surface area contributed by atoms with Gasteiger partial charge in [0.15, 0.2) is 0 Å². The van der Waals surface area contributed by atoms with Crippen molar-refractivity contribution in [2.24, 2.45) is 0 Å². The third-order valence-electron chi connectivity index (χ3n) is 5.74. The molecule has 168 valence electrons. The Kier molecular flexibility index (Phi) is 7.37. The Morgan fingerprint density at radius 3 is 2.44 bits per heavy atom. The number of carbonyl (C=O) groups is 2. The van der Waals surface area contributed by atoms with E-state index >= 15 is 0 Å². The lowest BCUT2D eigenvalue weighted by Crippen LogP contribution is -2.42. The van der Waals surface area contributed by atoms with E-state index in [9.17, 15) is 9.59 Å². The monoisotopic (exact) mass is 453 g/mol. The number of benzene rings is 2. The number of alkyl carbamates (subject to hydrolysis) is 1. The maximum atomic E-state index is 12.5. The van der Waals surface area contributed by atoms with Crippen LogP contribution in [0.1, 0.15) is 29.9 Å². The highest BCUT2D eigenvalue weighted by atomic mass is 32.2. The molecule has 0 spiro atoms. The molecule has 1 aliphatic carbocycles. The molecule has 7 heteroatoms. The average molecular weight is 454 g/mol. The summed E-state index contributed by atoms with van der Waals surface area (Å²) < 4.78 is 15.9. The van der Waals surface area contributed by atoms with Crippen molar-refractivity contribution in [2.45, 2.75) is 30.9 Å². The third-order valence-corrected chi connectivity index (χ3v) is 6.87. The molecule has 1 heterocycles. The standard InChI is InChI=1S/C25H27NO5S/c1-29-24(27)23(12-14-32-16-17-7-6-13-30-17)26-25(28)31-15-22-20-10-4-2-8-18(20)19-9-3-5-11-21(19)22/h2-6,8-11,13,17,22-23H,7,12,14-16H2,1H3,(H,26,28)/t17-,23+/m0/s1. The van der Waals surface area contributed by atoms with E-state index in [1.807, 2.05) is 30.3 Å². The van der Waals surface area contributed by atoms with Crippen LogP contribution >= 0.6 is 11.8 Å². The number of fused-ring (bicyclic) bond motifs is 3. The van der Waals surface area contributed by atoms with Crippen molar-refractivity contribution in [3.05, 3.63) is 72.0 Å². The normalized spacial score (nSPS) is 17.2. The van der Waals surface area contributed by atoms with Crippen LogP contribution in [0.15, 0.2) is 60.9 Å². The minimum atomic E-state index is -0.745. The SMILES string of the molecule is COC(=O)[C@@H](CCSC[C@@H]1CC=CO1)NC(=O)OCC1c2ccccc2-c2ccccc21. The largest absolute Gasteiger partial charge is 0.497 e. The van der Waals surface area contributed by atoms with Crippen LogP contribution in [0.25, 0.3) is 11.1 Å². The van der Waals surface area contributed by atoms with Crippen LogP contribution in [0.5, 0.6) is 0 Å². The molecular weight excluding hydrogens is 426 g/mol. The minimum Gasteiger partial charge on any atom is -0.497 e. The van der Waals surface area contributed by atoms with Crippen LogP contribution in [0.3, 0.4) is 0 Å². The Morgan fingerprint density at radius 2 is 1.81 bits per heavy atom. The maximum Gasteiger partial charge on any atom is 0.407 e. The highest BCUT2D eigenvalue weighted by Gasteiger charge is 2.30. The molecule has 2 aliphatic rings. The summed E-state index contributed by atoms with van der Waals surface area (Å²) in [5.74, 6) is 1.04. The first-order chi connectivity index (χ1) is 15.7. The number of rotatable bonds is 9. The summed E-state index contributed by atoms with van der Waals surface area (Å²) in [5, 5.41) is 2.68. The number of hydrogen-bond acceptors (Lipinski definition) is 6. The maximum absolute atomic E-state index is 12.5. The number of esters is 1. The highest BCUT2D eigenvalue weighted by Crippen LogP contribution is 2.44. The van der Waals surface area contributed by atoms with E-state index in [4.69, 9.17) is 14.2 Å². The molecule has 0 fully saturated rings. The van der Waals surface area contributed by atoms with Gasteiger partial charge in [0.1, 0.15) is 18.8 Å². The van der Waals surface area contributed by atoms with Crippen molar-refractivity contribution < 1.29 is 23.8 Å². The first-order valence-corrected chi connectivity index (χ1v) is 11.9. The fourth-order valence-electron chi connectivity index (χ4n) is 4.13. The summed E-state index contributed by atoms with van der Waals surface area (Å²) in [6, 6.07) is 15.6. The number of thioether (sulfide) groups is 1. The van der Waals surface area contributed by atoms with Gasteiger partial charge in [-0.3, -0.25) is 0 Å². The molecule has 0 radical (unpaired) electrons. The Morgan fingerprint density at radius 1 is 1.12 bits per heavy atom. The Labute approximate surface area is 192 Å². The van der Waals surface area contributed by atoms with E-state index in [-0.39, 0.29) is 18.6 Å². The van der Waals surface area contributed by atoms with Crippen LogP contribution in [-0.4, -0.2) is 49.4 Å². The van der Waals surface area contributed by atoms with Crippen LogP contribution in [0.2, 0.25) is 0 Å². The number of ether oxygens (including phenoxy) is 3. The second-order valence-electron chi connectivity index (χ2n) is 7.77. The summed E-state index contributed by atoms with van der Waals surface area (Å²) in [6.45, 7) is 0.203. The van der Waals surface area contributed by atoms with Crippen molar-refractivity contribution in [2.75, 3.05) is 25.2 Å². The average Bonchev–Trinajstić information content (AvgIpc) is 3.45. The summed E-state index contributed by atoms with van der Waals surface area (Å²) in [7, 11) is 1.32. The molecular formula is C25H27NO5S. The van der Waals surface area contributed by atoms with E-state index in [0.717, 1.165) is 23.3 Å². The highest BCUT2D eigenvalue weighted by molar-refractivity contribution is 7.99. The van der Waals surface area contributed by atoms with E-state index < -0.39 is 18.1 Å². The number of hydrogen-bond donors (Lipinski definition) is 1. The summed E-state index contributed by atoms with van der Waals surface area (Å²) in [4.78, 5) is 24.7. The van der Waals surface area contributed by atoms with Gasteiger partial charge in [-0.05, 0) is 40.5 Å². The molecule has 0 unspecified atom stereocenters. The molecule has 1 N–H and O–H groups in total. The Bertz CT molecular complexity index is 938. The summed E-state index contributed by atoms with van der Waals surface area (Å²) in [5.41, 5.74) is 4.63. The quantitative estimate of drug-likeness (QED) is 0.445. The molecule has 0 saturated carbocycles. The molecule has 6 nitrogen and oxygen atoms in total. The van der Waals surface area contributed by atoms with Gasteiger partial charge in [0.2, 0.25) is 0 Å². The molecule has 1 amide bonds. The number of methoxy groups -OCH3 is 1. The van der Waals surface area contributed by atoms with Gasteiger partial charge in [-0.1, -0.05) is 48.5 Å². The second-order valence-corrected chi connectivity index (χ2v) is 8.92. The minimum absolute atomic E-state index is 0.0275. The Balaban J connectivity index is 1.31. The second kappa shape index (κ2) is 10.6. The van der Waals surface area contributed by atoms with Crippen LogP contribution in [0.4, 0.5) is 4.79 Å². The van der Waals surface area contributed by atoms with Crippen LogP contribution in [0, 0.1) is 0 Å². The zero-order chi connectivity index (χ0) is 22.3. The van der Waals surface area contributed by atoms with Crippen molar-refractivity contribution in [3.63, 3.8) is 0 Å². The summed E-state index contributed by atoms with van der Waals surface area (Å²) in [6.07, 6.45) is 4.66. The zero-order valence-corrected chi connectivity index (χ0v) is 18.8. The van der Waals surface area contributed by atoms with Gasteiger partial charge in [-0.25, -0.2) is 9.59 Å². The van der Waals surface area contributed by atoms with Gasteiger partial charge in [-0.2, -0.15) is 11.8 Å². The van der Waals surface area contributed by atoms with E-state index in [1.54, 1.807) is 18.0 Å². The van der Waals surface area contributed by atoms with Gasteiger partial charge in [-0.15, -0.1) is 0 Å². The molecule has 1 aliphatic heterocycles. The lowest BCUT2D eigenvalue weighted by atomic mass is 9.98. The zero-order valence-electron chi connectivity index (χ0n) is 18.0. The molecule has 2 aromatic rings. The Hall–Kier alpha value is -2.93.